The largest absolute Gasteiger partial charge is 0.493 e. The highest BCUT2D eigenvalue weighted by atomic mass is 16.5. The minimum Gasteiger partial charge on any atom is -0.493 e. The fourth-order valence-corrected chi connectivity index (χ4v) is 2.89. The summed E-state index contributed by atoms with van der Waals surface area (Å²) in [7, 11) is 0. The predicted octanol–water partition coefficient (Wildman–Crippen LogP) is 3.74. The number of ether oxygens (including phenoxy) is 1. The summed E-state index contributed by atoms with van der Waals surface area (Å²) in [6.07, 6.45) is 2.49. The summed E-state index contributed by atoms with van der Waals surface area (Å²) in [6, 6.07) is 16.0. The molecule has 0 saturated carbocycles. The minimum absolute atomic E-state index is 0.140. The quantitative estimate of drug-likeness (QED) is 0.860. The Morgan fingerprint density at radius 2 is 2.00 bits per heavy atom. The third kappa shape index (κ3) is 3.30. The molecule has 114 valence electrons. The SMILES string of the molecule is Cc1ccc2c(c1)CCCN2C(=O)CCOc1ccccc1. The van der Waals surface area contributed by atoms with Gasteiger partial charge in [-0.05, 0) is 43.5 Å². The Morgan fingerprint density at radius 1 is 1.18 bits per heavy atom. The highest BCUT2D eigenvalue weighted by Crippen LogP contribution is 2.28. The second-order valence-electron chi connectivity index (χ2n) is 5.69. The molecular formula is C19H21NO2. The first-order valence-corrected chi connectivity index (χ1v) is 7.82. The van der Waals surface area contributed by atoms with Gasteiger partial charge in [0.1, 0.15) is 5.75 Å². The van der Waals surface area contributed by atoms with Gasteiger partial charge in [-0.2, -0.15) is 0 Å². The van der Waals surface area contributed by atoms with Gasteiger partial charge in [0.2, 0.25) is 5.91 Å². The molecule has 0 aliphatic carbocycles. The van der Waals surface area contributed by atoms with E-state index in [1.807, 2.05) is 35.2 Å². The third-order valence-corrected chi connectivity index (χ3v) is 3.98. The van der Waals surface area contributed by atoms with E-state index in [-0.39, 0.29) is 5.91 Å². The van der Waals surface area contributed by atoms with Crippen LogP contribution in [0.25, 0.3) is 0 Å². The summed E-state index contributed by atoms with van der Waals surface area (Å²) in [5.41, 5.74) is 3.60. The minimum atomic E-state index is 0.140. The Kier molecular flexibility index (Phi) is 4.42. The monoisotopic (exact) mass is 295 g/mol. The molecule has 0 N–H and O–H groups in total. The molecule has 0 fully saturated rings. The highest BCUT2D eigenvalue weighted by Gasteiger charge is 2.22. The van der Waals surface area contributed by atoms with E-state index in [2.05, 4.69) is 25.1 Å². The molecule has 0 saturated heterocycles. The Morgan fingerprint density at radius 3 is 2.82 bits per heavy atom. The number of aryl methyl sites for hydroxylation is 2. The highest BCUT2D eigenvalue weighted by molar-refractivity contribution is 5.94. The van der Waals surface area contributed by atoms with Gasteiger partial charge in [-0.3, -0.25) is 4.79 Å². The van der Waals surface area contributed by atoms with Gasteiger partial charge in [-0.25, -0.2) is 0 Å². The Balaban J connectivity index is 1.62. The van der Waals surface area contributed by atoms with Gasteiger partial charge in [0, 0.05) is 12.2 Å². The molecule has 3 heteroatoms. The van der Waals surface area contributed by atoms with Gasteiger partial charge in [-0.15, -0.1) is 0 Å². The number of fused-ring (bicyclic) bond motifs is 1. The molecule has 0 atom stereocenters. The van der Waals surface area contributed by atoms with Crippen LogP contribution in [0.15, 0.2) is 48.5 Å². The molecule has 0 spiro atoms. The molecule has 2 aromatic rings. The normalized spacial score (nSPS) is 13.6. The number of rotatable bonds is 4. The van der Waals surface area contributed by atoms with Crippen LogP contribution in [0.2, 0.25) is 0 Å². The van der Waals surface area contributed by atoms with E-state index in [9.17, 15) is 4.79 Å². The van der Waals surface area contributed by atoms with Crippen LogP contribution in [0.1, 0.15) is 24.0 Å². The maximum absolute atomic E-state index is 12.5. The van der Waals surface area contributed by atoms with Gasteiger partial charge >= 0.3 is 0 Å². The summed E-state index contributed by atoms with van der Waals surface area (Å²) in [5, 5.41) is 0. The lowest BCUT2D eigenvalue weighted by Crippen LogP contribution is -2.36. The van der Waals surface area contributed by atoms with Crippen LogP contribution in [0.4, 0.5) is 5.69 Å². The number of carbonyl (C=O) groups excluding carboxylic acids is 1. The average molecular weight is 295 g/mol. The second kappa shape index (κ2) is 6.65. The van der Waals surface area contributed by atoms with Crippen LogP contribution < -0.4 is 9.64 Å². The van der Waals surface area contributed by atoms with E-state index >= 15 is 0 Å². The van der Waals surface area contributed by atoms with Crippen LogP contribution >= 0.6 is 0 Å². The van der Waals surface area contributed by atoms with Crippen molar-refractivity contribution in [1.82, 2.24) is 0 Å². The molecule has 0 radical (unpaired) electrons. The van der Waals surface area contributed by atoms with Crippen molar-refractivity contribution in [3.05, 3.63) is 59.7 Å². The van der Waals surface area contributed by atoms with Crippen molar-refractivity contribution in [2.24, 2.45) is 0 Å². The molecule has 1 aliphatic rings. The average Bonchev–Trinajstić information content (AvgIpc) is 2.55. The van der Waals surface area contributed by atoms with E-state index < -0.39 is 0 Å². The number of benzene rings is 2. The molecule has 22 heavy (non-hydrogen) atoms. The summed E-state index contributed by atoms with van der Waals surface area (Å²) < 4.78 is 5.63. The van der Waals surface area contributed by atoms with E-state index in [0.29, 0.717) is 13.0 Å². The van der Waals surface area contributed by atoms with Gasteiger partial charge in [0.15, 0.2) is 0 Å². The van der Waals surface area contributed by atoms with E-state index in [4.69, 9.17) is 4.74 Å². The molecule has 2 aromatic carbocycles. The van der Waals surface area contributed by atoms with E-state index in [1.54, 1.807) is 0 Å². The van der Waals surface area contributed by atoms with Crippen molar-refractivity contribution >= 4 is 11.6 Å². The van der Waals surface area contributed by atoms with Crippen molar-refractivity contribution in [3.63, 3.8) is 0 Å². The Hall–Kier alpha value is -2.29. The fraction of sp³-hybridized carbons (Fsp3) is 0.316. The predicted molar refractivity (Wildman–Crippen MR) is 88.4 cm³/mol. The second-order valence-corrected chi connectivity index (χ2v) is 5.69. The van der Waals surface area contributed by atoms with Gasteiger partial charge in [0.05, 0.1) is 13.0 Å². The van der Waals surface area contributed by atoms with Gasteiger partial charge < -0.3 is 9.64 Å². The zero-order chi connectivity index (χ0) is 15.4. The fourth-order valence-electron chi connectivity index (χ4n) is 2.89. The number of anilines is 1. The molecule has 1 amide bonds. The number of hydrogen-bond donors (Lipinski definition) is 0. The maximum Gasteiger partial charge on any atom is 0.230 e. The summed E-state index contributed by atoms with van der Waals surface area (Å²) >= 11 is 0. The lowest BCUT2D eigenvalue weighted by molar-refractivity contribution is -0.119. The van der Waals surface area contributed by atoms with Crippen LogP contribution in [-0.4, -0.2) is 19.1 Å². The first-order chi connectivity index (χ1) is 10.7. The molecule has 1 aliphatic heterocycles. The molecular weight excluding hydrogens is 274 g/mol. The van der Waals surface area contributed by atoms with Crippen molar-refractivity contribution in [1.29, 1.82) is 0 Å². The molecule has 1 heterocycles. The molecule has 3 rings (SSSR count). The van der Waals surface area contributed by atoms with Crippen molar-refractivity contribution in [3.8, 4) is 5.75 Å². The van der Waals surface area contributed by atoms with E-state index in [0.717, 1.165) is 30.8 Å². The third-order valence-electron chi connectivity index (χ3n) is 3.98. The van der Waals surface area contributed by atoms with Crippen molar-refractivity contribution < 1.29 is 9.53 Å². The maximum atomic E-state index is 12.5. The zero-order valence-electron chi connectivity index (χ0n) is 12.9. The Labute approximate surface area is 131 Å². The first-order valence-electron chi connectivity index (χ1n) is 7.82. The zero-order valence-corrected chi connectivity index (χ0v) is 12.9. The van der Waals surface area contributed by atoms with Gasteiger partial charge in [-0.1, -0.05) is 35.9 Å². The van der Waals surface area contributed by atoms with Gasteiger partial charge in [0.25, 0.3) is 0 Å². The van der Waals surface area contributed by atoms with E-state index in [1.165, 1.54) is 11.1 Å². The Bertz CT molecular complexity index is 652. The van der Waals surface area contributed by atoms with Crippen LogP contribution in [0, 0.1) is 6.92 Å². The lowest BCUT2D eigenvalue weighted by Gasteiger charge is -2.30. The van der Waals surface area contributed by atoms with Crippen molar-refractivity contribution in [2.45, 2.75) is 26.2 Å². The molecule has 0 unspecified atom stereocenters. The number of amides is 1. The number of para-hydroxylation sites is 1. The first kappa shape index (κ1) is 14.6. The number of carbonyl (C=O) groups is 1. The van der Waals surface area contributed by atoms with Crippen LogP contribution in [0.5, 0.6) is 5.75 Å². The summed E-state index contributed by atoms with van der Waals surface area (Å²) in [6.45, 7) is 3.31. The smallest absolute Gasteiger partial charge is 0.230 e. The molecule has 0 bridgehead atoms. The lowest BCUT2D eigenvalue weighted by atomic mass is 9.99. The van der Waals surface area contributed by atoms with Crippen LogP contribution in [0.3, 0.4) is 0 Å². The van der Waals surface area contributed by atoms with Crippen molar-refractivity contribution in [2.75, 3.05) is 18.1 Å². The topological polar surface area (TPSA) is 29.5 Å². The molecule has 3 nitrogen and oxygen atoms in total. The number of hydrogen-bond acceptors (Lipinski definition) is 2. The number of nitrogens with zero attached hydrogens (tertiary/aromatic N) is 1. The standard InChI is InChI=1S/C19H21NO2/c1-15-9-10-18-16(14-15)6-5-12-20(18)19(21)11-13-22-17-7-3-2-4-8-17/h2-4,7-10,14H,5-6,11-13H2,1H3. The molecule has 0 aromatic heterocycles. The van der Waals surface area contributed by atoms with Crippen LogP contribution in [-0.2, 0) is 11.2 Å². The summed E-state index contributed by atoms with van der Waals surface area (Å²) in [5.74, 6) is 0.950. The summed E-state index contributed by atoms with van der Waals surface area (Å²) in [4.78, 5) is 14.4.